The maximum atomic E-state index is 14.4. The van der Waals surface area contributed by atoms with Crippen molar-refractivity contribution in [3.8, 4) is 39.5 Å². The molecule has 2 saturated heterocycles. The summed E-state index contributed by atoms with van der Waals surface area (Å²) in [5.41, 5.74) is 11.3. The second kappa shape index (κ2) is 16.7. The number of imidazole rings is 1. The van der Waals surface area contributed by atoms with E-state index in [2.05, 4.69) is 115 Å². The van der Waals surface area contributed by atoms with Crippen molar-refractivity contribution in [2.45, 2.75) is 38.1 Å². The van der Waals surface area contributed by atoms with Gasteiger partial charge < -0.3 is 29.7 Å². The monoisotopic (exact) mass is 818 g/mol. The fourth-order valence-electron chi connectivity index (χ4n) is 9.77. The Balaban J connectivity index is 1.00. The van der Waals surface area contributed by atoms with Crippen LogP contribution in [0.2, 0.25) is 0 Å². The number of piperazine rings is 2. The van der Waals surface area contributed by atoms with Gasteiger partial charge in [0.15, 0.2) is 0 Å². The van der Waals surface area contributed by atoms with E-state index in [1.165, 1.54) is 30.6 Å². The van der Waals surface area contributed by atoms with Crippen molar-refractivity contribution >= 4 is 50.2 Å². The quantitative estimate of drug-likeness (QED) is 0.115. The van der Waals surface area contributed by atoms with Crippen LogP contribution in [0, 0.1) is 0 Å². The number of rotatable bonds is 8. The number of nitrogens with one attached hydrogen (secondary N) is 2. The summed E-state index contributed by atoms with van der Waals surface area (Å²) in [6, 6.07) is 42.0. The molecule has 5 aromatic carbocycles. The van der Waals surface area contributed by atoms with Gasteiger partial charge in [-0.3, -0.25) is 4.98 Å². The van der Waals surface area contributed by atoms with Crippen molar-refractivity contribution in [1.82, 2.24) is 30.2 Å². The number of hydrogen-bond donors (Lipinski definition) is 2. The smallest absolute Gasteiger partial charge is 0.344 e. The minimum atomic E-state index is -0.420. The molecule has 62 heavy (non-hydrogen) atoms. The molecule has 0 amide bonds. The van der Waals surface area contributed by atoms with E-state index in [0.29, 0.717) is 11.3 Å². The summed E-state index contributed by atoms with van der Waals surface area (Å²) in [5, 5.41) is 8.87. The zero-order valence-corrected chi connectivity index (χ0v) is 34.9. The number of aromatic nitrogens is 4. The molecule has 2 aliphatic heterocycles. The summed E-state index contributed by atoms with van der Waals surface area (Å²) in [6.07, 6.45) is 7.53. The number of ether oxygens (including phenoxy) is 1. The molecule has 5 heterocycles. The summed E-state index contributed by atoms with van der Waals surface area (Å²) in [5.74, 6) is 0.966. The number of nitrogens with zero attached hydrogens (tertiary/aromatic N) is 6. The van der Waals surface area contributed by atoms with Crippen molar-refractivity contribution in [1.29, 1.82) is 0 Å². The minimum Gasteiger partial charge on any atom is -0.423 e. The Kier molecular flexibility index (Phi) is 10.3. The van der Waals surface area contributed by atoms with E-state index in [1.54, 1.807) is 6.20 Å². The molecule has 0 spiro atoms. The van der Waals surface area contributed by atoms with Crippen LogP contribution in [0.5, 0.6) is 5.75 Å². The van der Waals surface area contributed by atoms with Crippen LogP contribution >= 0.6 is 0 Å². The Morgan fingerprint density at radius 1 is 0.613 bits per heavy atom. The first-order chi connectivity index (χ1) is 30.6. The average molecular weight is 819 g/mol. The Labute approximate surface area is 361 Å². The lowest BCUT2D eigenvalue weighted by Crippen LogP contribution is -2.43. The van der Waals surface area contributed by atoms with Gasteiger partial charge in [-0.25, -0.2) is 14.8 Å². The number of fused-ring (bicyclic) bond motifs is 3. The van der Waals surface area contributed by atoms with Gasteiger partial charge in [0, 0.05) is 103 Å². The molecule has 3 aromatic heterocycles. The molecule has 10 nitrogen and oxygen atoms in total. The molecule has 2 N–H and O–H groups in total. The average Bonchev–Trinajstić information content (AvgIpc) is 3.74. The van der Waals surface area contributed by atoms with E-state index in [9.17, 15) is 4.79 Å². The van der Waals surface area contributed by atoms with Crippen molar-refractivity contribution in [2.75, 3.05) is 62.2 Å². The van der Waals surface area contributed by atoms with Crippen LogP contribution in [-0.4, -0.2) is 77.8 Å². The second-order valence-corrected chi connectivity index (χ2v) is 16.9. The van der Waals surface area contributed by atoms with Crippen molar-refractivity contribution in [3.63, 3.8) is 0 Å². The summed E-state index contributed by atoms with van der Waals surface area (Å²) >= 11 is 0. The molecule has 3 fully saturated rings. The van der Waals surface area contributed by atoms with Crippen LogP contribution in [0.3, 0.4) is 0 Å². The normalized spacial score (nSPS) is 16.3. The highest BCUT2D eigenvalue weighted by atomic mass is 16.5. The molecule has 0 unspecified atom stereocenters. The molecular weight excluding hydrogens is 769 g/mol. The van der Waals surface area contributed by atoms with E-state index in [-0.39, 0.29) is 6.04 Å². The molecule has 310 valence electrons. The van der Waals surface area contributed by atoms with E-state index >= 15 is 0 Å². The Hall–Kier alpha value is -6.62. The highest BCUT2D eigenvalue weighted by Gasteiger charge is 2.28. The third kappa shape index (κ3) is 7.43. The van der Waals surface area contributed by atoms with E-state index in [0.717, 1.165) is 132 Å². The number of esters is 1. The Morgan fingerprint density at radius 3 is 2.00 bits per heavy atom. The number of carbonyl (C=O) groups excluding carboxylic acids is 1. The first-order valence-corrected chi connectivity index (χ1v) is 22.3. The third-order valence-electron chi connectivity index (χ3n) is 13.0. The SMILES string of the molecule is O=C(Oc1ccc2ncccc2c1)c1ccc2c(nc(-c3ccc4nc(-c5ccc(N6CCNCC6)cc5)ccc4c3)n2C2CCCCC2)c1-c1ccc(N2CCNCC2)cc1. The van der Waals surface area contributed by atoms with Crippen molar-refractivity contribution in [3.05, 3.63) is 133 Å². The van der Waals surface area contributed by atoms with Crippen LogP contribution in [0.25, 0.3) is 66.6 Å². The molecule has 1 saturated carbocycles. The van der Waals surface area contributed by atoms with Gasteiger partial charge in [0.25, 0.3) is 0 Å². The second-order valence-electron chi connectivity index (χ2n) is 16.9. The molecule has 3 aliphatic rings. The lowest BCUT2D eigenvalue weighted by molar-refractivity contribution is 0.0736. The number of benzene rings is 5. The van der Waals surface area contributed by atoms with Gasteiger partial charge in [0.1, 0.15) is 11.6 Å². The van der Waals surface area contributed by atoms with Gasteiger partial charge in [0.05, 0.1) is 33.3 Å². The molecule has 11 rings (SSSR count). The number of anilines is 2. The van der Waals surface area contributed by atoms with Gasteiger partial charge in [0.2, 0.25) is 0 Å². The maximum absolute atomic E-state index is 14.4. The van der Waals surface area contributed by atoms with E-state index in [1.807, 2.05) is 36.4 Å². The highest BCUT2D eigenvalue weighted by Crippen LogP contribution is 2.41. The van der Waals surface area contributed by atoms with E-state index < -0.39 is 5.97 Å². The summed E-state index contributed by atoms with van der Waals surface area (Å²) in [4.78, 5) is 34.4. The summed E-state index contributed by atoms with van der Waals surface area (Å²) in [6.45, 7) is 7.90. The molecule has 0 atom stereocenters. The Bertz CT molecular complexity index is 2910. The molecule has 0 bridgehead atoms. The minimum absolute atomic E-state index is 0.288. The molecule has 8 aromatic rings. The number of carbonyl (C=O) groups is 1. The van der Waals surface area contributed by atoms with Gasteiger partial charge in [-0.1, -0.05) is 55.7 Å². The van der Waals surface area contributed by atoms with Crippen molar-refractivity contribution in [2.24, 2.45) is 0 Å². The lowest BCUT2D eigenvalue weighted by atomic mass is 9.94. The predicted octanol–water partition coefficient (Wildman–Crippen LogP) is 9.68. The summed E-state index contributed by atoms with van der Waals surface area (Å²) in [7, 11) is 0. The van der Waals surface area contributed by atoms with Crippen LogP contribution in [0.15, 0.2) is 128 Å². The fraction of sp³-hybridized carbons (Fsp3) is 0.269. The zero-order valence-electron chi connectivity index (χ0n) is 34.9. The number of pyridine rings is 2. The summed E-state index contributed by atoms with van der Waals surface area (Å²) < 4.78 is 8.63. The number of hydrogen-bond acceptors (Lipinski definition) is 9. The van der Waals surface area contributed by atoms with Gasteiger partial charge >= 0.3 is 5.97 Å². The van der Waals surface area contributed by atoms with Crippen molar-refractivity contribution < 1.29 is 9.53 Å². The van der Waals surface area contributed by atoms with Crippen LogP contribution < -0.4 is 25.2 Å². The van der Waals surface area contributed by atoms with E-state index in [4.69, 9.17) is 14.7 Å². The maximum Gasteiger partial charge on any atom is 0.344 e. The molecule has 10 heteroatoms. The van der Waals surface area contributed by atoms with Crippen LogP contribution in [0.1, 0.15) is 48.5 Å². The fourth-order valence-corrected chi connectivity index (χ4v) is 9.77. The zero-order chi connectivity index (χ0) is 41.4. The first kappa shape index (κ1) is 38.3. The third-order valence-corrected chi connectivity index (χ3v) is 13.0. The van der Waals surface area contributed by atoms with Gasteiger partial charge in [-0.15, -0.1) is 0 Å². The van der Waals surface area contributed by atoms with Crippen LogP contribution in [-0.2, 0) is 0 Å². The van der Waals surface area contributed by atoms with Crippen LogP contribution in [0.4, 0.5) is 11.4 Å². The Morgan fingerprint density at radius 2 is 1.27 bits per heavy atom. The first-order valence-electron chi connectivity index (χ1n) is 22.3. The molecular formula is C52H50N8O2. The van der Waals surface area contributed by atoms with Gasteiger partial charge in [-0.05, 0) is 103 Å². The predicted molar refractivity (Wildman–Crippen MR) is 250 cm³/mol. The topological polar surface area (TPSA) is 100 Å². The lowest BCUT2D eigenvalue weighted by Gasteiger charge is -2.29. The van der Waals surface area contributed by atoms with Gasteiger partial charge in [-0.2, -0.15) is 0 Å². The highest BCUT2D eigenvalue weighted by molar-refractivity contribution is 6.08. The molecule has 1 aliphatic carbocycles. The largest absolute Gasteiger partial charge is 0.423 e. The molecule has 0 radical (unpaired) electrons. The standard InChI is InChI=1S/C52H50N8O2/c61-52(62-43-18-22-45-37(34-43)5-4-24-55-45)44-19-23-48-50(49(44)36-10-16-41(17-11-36)59-31-27-54-28-32-59)57-51(60(48)42-6-2-1-3-7-42)39-13-21-47-38(33-39)12-20-46(56-47)35-8-14-40(15-9-35)58-29-25-53-26-30-58/h4-5,8-24,33-34,42,53-54H,1-3,6-7,25-32H2.